The number of amides is 1. The van der Waals surface area contributed by atoms with E-state index in [0.29, 0.717) is 6.54 Å². The van der Waals surface area contributed by atoms with Crippen LogP contribution in [0.4, 0.5) is 5.95 Å². The number of hydrogen-bond acceptors (Lipinski definition) is 5. The largest absolute Gasteiger partial charge is 0.366 e. The molecule has 1 aromatic carbocycles. The van der Waals surface area contributed by atoms with Gasteiger partial charge in [0.05, 0.1) is 11.9 Å². The molecule has 0 radical (unpaired) electrons. The number of anilines is 1. The smallest absolute Gasteiger partial charge is 0.288 e. The fourth-order valence-corrected chi connectivity index (χ4v) is 1.82. The number of nitrogens with zero attached hydrogens (tertiary/aromatic N) is 4. The monoisotopic (exact) mass is 283 g/mol. The van der Waals surface area contributed by atoms with Gasteiger partial charge in [-0.15, -0.1) is 5.10 Å². The number of aromatic amines is 1. The molecule has 106 valence electrons. The van der Waals surface area contributed by atoms with Gasteiger partial charge in [-0.2, -0.15) is 10.1 Å². The molecular weight excluding hydrogens is 270 g/mol. The minimum absolute atomic E-state index is 0.0389. The molecule has 4 N–H and O–H groups in total. The normalized spacial score (nSPS) is 10.5. The fraction of sp³-hybridized carbons (Fsp3) is 0.0769. The Kier molecular flexibility index (Phi) is 3.34. The van der Waals surface area contributed by atoms with Crippen LogP contribution in [-0.2, 0) is 6.54 Å². The lowest BCUT2D eigenvalue weighted by Gasteiger charge is -2.00. The van der Waals surface area contributed by atoms with Crippen LogP contribution in [0.25, 0.3) is 5.69 Å². The molecule has 0 aliphatic rings. The van der Waals surface area contributed by atoms with E-state index in [1.165, 1.54) is 0 Å². The summed E-state index contributed by atoms with van der Waals surface area (Å²) in [6.45, 7) is 0.340. The Bertz CT molecular complexity index is 747. The van der Waals surface area contributed by atoms with Gasteiger partial charge in [-0.1, -0.05) is 18.2 Å². The Morgan fingerprint density at radius 1 is 1.33 bits per heavy atom. The summed E-state index contributed by atoms with van der Waals surface area (Å²) in [6.07, 6.45) is 3.55. The third-order valence-electron chi connectivity index (χ3n) is 2.83. The van der Waals surface area contributed by atoms with Crippen molar-refractivity contribution in [1.82, 2.24) is 30.3 Å². The lowest BCUT2D eigenvalue weighted by Crippen LogP contribution is -2.23. The van der Waals surface area contributed by atoms with Gasteiger partial charge in [0.1, 0.15) is 0 Å². The molecule has 0 aliphatic carbocycles. The van der Waals surface area contributed by atoms with E-state index in [4.69, 9.17) is 5.73 Å². The molecule has 21 heavy (non-hydrogen) atoms. The molecule has 8 nitrogen and oxygen atoms in total. The maximum absolute atomic E-state index is 11.8. The van der Waals surface area contributed by atoms with E-state index in [2.05, 4.69) is 25.6 Å². The molecule has 3 aromatic rings. The number of benzene rings is 1. The Morgan fingerprint density at radius 3 is 2.86 bits per heavy atom. The molecule has 0 saturated carbocycles. The van der Waals surface area contributed by atoms with Crippen LogP contribution in [0.3, 0.4) is 0 Å². The van der Waals surface area contributed by atoms with Crippen LogP contribution in [0.5, 0.6) is 0 Å². The van der Waals surface area contributed by atoms with Crippen molar-refractivity contribution in [3.05, 3.63) is 54.1 Å². The highest BCUT2D eigenvalue weighted by Crippen LogP contribution is 2.07. The third kappa shape index (κ3) is 2.89. The fourth-order valence-electron chi connectivity index (χ4n) is 1.82. The highest BCUT2D eigenvalue weighted by molar-refractivity contribution is 5.90. The minimum Gasteiger partial charge on any atom is -0.366 e. The van der Waals surface area contributed by atoms with Gasteiger partial charge >= 0.3 is 0 Å². The quantitative estimate of drug-likeness (QED) is 0.645. The molecule has 1 amide bonds. The van der Waals surface area contributed by atoms with E-state index in [0.717, 1.165) is 11.3 Å². The van der Waals surface area contributed by atoms with Crippen molar-refractivity contribution < 1.29 is 4.79 Å². The zero-order chi connectivity index (χ0) is 14.7. The van der Waals surface area contributed by atoms with Gasteiger partial charge in [0.25, 0.3) is 5.91 Å². The number of aromatic nitrogens is 5. The van der Waals surface area contributed by atoms with Gasteiger partial charge < -0.3 is 11.1 Å². The van der Waals surface area contributed by atoms with E-state index in [1.807, 2.05) is 36.5 Å². The second-order valence-electron chi connectivity index (χ2n) is 4.35. The summed E-state index contributed by atoms with van der Waals surface area (Å²) in [5, 5.41) is 13.0. The lowest BCUT2D eigenvalue weighted by molar-refractivity contribution is 0.0941. The van der Waals surface area contributed by atoms with Crippen molar-refractivity contribution in [3.63, 3.8) is 0 Å². The Morgan fingerprint density at radius 2 is 2.14 bits per heavy atom. The second kappa shape index (κ2) is 5.45. The number of nitrogens with one attached hydrogen (secondary N) is 2. The predicted octanol–water partition coefficient (Wildman–Crippen LogP) is 0.503. The van der Waals surface area contributed by atoms with E-state index in [-0.39, 0.29) is 17.7 Å². The number of carbonyl (C=O) groups is 1. The molecule has 2 heterocycles. The number of hydrogen-bond donors (Lipinski definition) is 3. The molecule has 0 unspecified atom stereocenters. The molecule has 0 fully saturated rings. The average Bonchev–Trinajstić information content (AvgIpc) is 3.15. The van der Waals surface area contributed by atoms with Crippen LogP contribution in [-0.4, -0.2) is 30.9 Å². The molecule has 3 rings (SSSR count). The molecule has 2 aromatic heterocycles. The van der Waals surface area contributed by atoms with Crippen LogP contribution in [0.2, 0.25) is 0 Å². The van der Waals surface area contributed by atoms with Crippen molar-refractivity contribution in [1.29, 1.82) is 0 Å². The zero-order valence-electron chi connectivity index (χ0n) is 11.0. The standard InChI is InChI=1S/C13H13N7O/c14-13-17-11(18-19-13)12(21)15-6-9-7-16-20(8-9)10-4-2-1-3-5-10/h1-5,7-8H,6H2,(H,15,21)(H3,14,17,18,19). The topological polar surface area (TPSA) is 115 Å². The molecule has 0 atom stereocenters. The summed E-state index contributed by atoms with van der Waals surface area (Å²) in [6, 6.07) is 9.72. The highest BCUT2D eigenvalue weighted by Gasteiger charge is 2.10. The Hall–Kier alpha value is -3.16. The molecule has 0 aliphatic heterocycles. The van der Waals surface area contributed by atoms with Crippen LogP contribution < -0.4 is 11.1 Å². The number of rotatable bonds is 4. The number of nitrogens with two attached hydrogens (primary N) is 1. The van der Waals surface area contributed by atoms with Gasteiger partial charge in [-0.05, 0) is 12.1 Å². The molecule has 0 spiro atoms. The zero-order valence-corrected chi connectivity index (χ0v) is 11.0. The minimum atomic E-state index is -0.369. The molecule has 8 heteroatoms. The second-order valence-corrected chi connectivity index (χ2v) is 4.35. The van der Waals surface area contributed by atoms with Crippen LogP contribution in [0.1, 0.15) is 16.2 Å². The number of para-hydroxylation sites is 1. The van der Waals surface area contributed by atoms with Gasteiger partial charge in [-0.25, -0.2) is 4.68 Å². The van der Waals surface area contributed by atoms with Crippen molar-refractivity contribution in [2.24, 2.45) is 0 Å². The first-order valence-corrected chi connectivity index (χ1v) is 6.27. The van der Waals surface area contributed by atoms with E-state index >= 15 is 0 Å². The summed E-state index contributed by atoms with van der Waals surface area (Å²) in [5.41, 5.74) is 7.18. The summed E-state index contributed by atoms with van der Waals surface area (Å²) in [5.74, 6) is -0.244. The van der Waals surface area contributed by atoms with E-state index in [1.54, 1.807) is 10.9 Å². The van der Waals surface area contributed by atoms with Gasteiger partial charge in [0.15, 0.2) is 0 Å². The van der Waals surface area contributed by atoms with Crippen molar-refractivity contribution in [3.8, 4) is 5.69 Å². The lowest BCUT2D eigenvalue weighted by atomic mass is 10.3. The maximum Gasteiger partial charge on any atom is 0.288 e. The van der Waals surface area contributed by atoms with Crippen LogP contribution in [0, 0.1) is 0 Å². The number of H-pyrrole nitrogens is 1. The Balaban J connectivity index is 1.64. The first-order valence-electron chi connectivity index (χ1n) is 6.27. The summed E-state index contributed by atoms with van der Waals surface area (Å²) in [7, 11) is 0. The summed E-state index contributed by atoms with van der Waals surface area (Å²) >= 11 is 0. The van der Waals surface area contributed by atoms with E-state index in [9.17, 15) is 4.79 Å². The van der Waals surface area contributed by atoms with Gasteiger partial charge in [0, 0.05) is 18.3 Å². The number of nitrogen functional groups attached to an aromatic ring is 1. The van der Waals surface area contributed by atoms with E-state index < -0.39 is 0 Å². The number of carbonyl (C=O) groups excluding carboxylic acids is 1. The van der Waals surface area contributed by atoms with Crippen molar-refractivity contribution in [2.45, 2.75) is 6.54 Å². The average molecular weight is 283 g/mol. The molecular formula is C13H13N7O. The highest BCUT2D eigenvalue weighted by atomic mass is 16.2. The van der Waals surface area contributed by atoms with Crippen molar-refractivity contribution in [2.75, 3.05) is 5.73 Å². The third-order valence-corrected chi connectivity index (χ3v) is 2.83. The SMILES string of the molecule is Nc1n[nH]c(C(=O)NCc2cnn(-c3ccccc3)c2)n1. The van der Waals surface area contributed by atoms with Gasteiger partial charge in [0.2, 0.25) is 11.8 Å². The van der Waals surface area contributed by atoms with Crippen LogP contribution in [0.15, 0.2) is 42.7 Å². The Labute approximate surface area is 120 Å². The summed E-state index contributed by atoms with van der Waals surface area (Å²) in [4.78, 5) is 15.5. The summed E-state index contributed by atoms with van der Waals surface area (Å²) < 4.78 is 1.74. The van der Waals surface area contributed by atoms with Crippen LogP contribution >= 0.6 is 0 Å². The first-order chi connectivity index (χ1) is 10.2. The first kappa shape index (κ1) is 12.9. The maximum atomic E-state index is 11.8. The van der Waals surface area contributed by atoms with Gasteiger partial charge in [-0.3, -0.25) is 9.89 Å². The molecule has 0 bridgehead atoms. The predicted molar refractivity (Wildman–Crippen MR) is 75.5 cm³/mol. The molecule has 0 saturated heterocycles. The van der Waals surface area contributed by atoms with Crippen molar-refractivity contribution >= 4 is 11.9 Å².